The Hall–Kier alpha value is -0.340. The van der Waals surface area contributed by atoms with E-state index in [1.807, 2.05) is 0 Å². The third kappa shape index (κ3) is 4.06. The Morgan fingerprint density at radius 3 is 2.37 bits per heavy atom. The van der Waals surface area contributed by atoms with Gasteiger partial charge < -0.3 is 5.32 Å². The molecule has 2 heteroatoms. The van der Waals surface area contributed by atoms with Crippen LogP contribution >= 0.6 is 15.9 Å². The molecule has 1 fully saturated rings. The number of rotatable bonds is 4. The maximum atomic E-state index is 3.67. The molecule has 1 nitrogen and oxygen atoms in total. The summed E-state index contributed by atoms with van der Waals surface area (Å²) < 4.78 is 1.24. The Labute approximate surface area is 126 Å². The molecular weight excluding hydrogens is 298 g/mol. The van der Waals surface area contributed by atoms with Crippen molar-refractivity contribution in [2.24, 2.45) is 17.8 Å². The van der Waals surface area contributed by atoms with Gasteiger partial charge in [0.15, 0.2) is 0 Å². The molecule has 0 saturated heterocycles. The van der Waals surface area contributed by atoms with E-state index in [1.54, 1.807) is 0 Å². The lowest BCUT2D eigenvalue weighted by Crippen LogP contribution is -2.39. The van der Waals surface area contributed by atoms with E-state index in [-0.39, 0.29) is 0 Å². The number of likely N-dealkylation sites (N-methyl/N-ethyl adjacent to an activating group) is 1. The second-order valence-corrected chi connectivity index (χ2v) is 7.22. The van der Waals surface area contributed by atoms with Crippen molar-refractivity contribution in [3.8, 4) is 0 Å². The second kappa shape index (κ2) is 6.90. The standard InChI is InChI=1S/C17H26BrN/c1-12-8-13(2)10-15(9-12)17(19-3)11-14-6-4-5-7-16(14)18/h4-7,12-13,15,17,19H,8-11H2,1-3H3. The van der Waals surface area contributed by atoms with Gasteiger partial charge in [-0.05, 0) is 62.1 Å². The molecule has 3 atom stereocenters. The molecule has 0 aromatic heterocycles. The van der Waals surface area contributed by atoms with Crippen LogP contribution in [-0.4, -0.2) is 13.1 Å². The number of hydrogen-bond acceptors (Lipinski definition) is 1. The highest BCUT2D eigenvalue weighted by molar-refractivity contribution is 9.10. The van der Waals surface area contributed by atoms with Gasteiger partial charge in [-0.3, -0.25) is 0 Å². The number of halogens is 1. The van der Waals surface area contributed by atoms with Crippen molar-refractivity contribution in [2.45, 2.75) is 45.6 Å². The van der Waals surface area contributed by atoms with Crippen LogP contribution in [0.3, 0.4) is 0 Å². The van der Waals surface area contributed by atoms with Crippen LogP contribution < -0.4 is 5.32 Å². The molecule has 0 spiro atoms. The van der Waals surface area contributed by atoms with Crippen LogP contribution in [0.25, 0.3) is 0 Å². The minimum absolute atomic E-state index is 0.601. The first-order valence-corrected chi connectivity index (χ1v) is 8.30. The fourth-order valence-corrected chi connectivity index (χ4v) is 4.19. The van der Waals surface area contributed by atoms with Crippen molar-refractivity contribution < 1.29 is 0 Å². The SMILES string of the molecule is CNC(Cc1ccccc1Br)C1CC(C)CC(C)C1. The highest BCUT2D eigenvalue weighted by atomic mass is 79.9. The Kier molecular flexibility index (Phi) is 5.47. The highest BCUT2D eigenvalue weighted by Crippen LogP contribution is 2.35. The second-order valence-electron chi connectivity index (χ2n) is 6.37. The summed E-state index contributed by atoms with van der Waals surface area (Å²) in [5.41, 5.74) is 1.42. The Bertz CT molecular complexity index is 394. The Morgan fingerprint density at radius 2 is 1.79 bits per heavy atom. The van der Waals surface area contributed by atoms with E-state index in [0.29, 0.717) is 6.04 Å². The summed E-state index contributed by atoms with van der Waals surface area (Å²) in [7, 11) is 2.12. The van der Waals surface area contributed by atoms with Crippen LogP contribution in [0.4, 0.5) is 0 Å². The van der Waals surface area contributed by atoms with Crippen LogP contribution in [0.5, 0.6) is 0 Å². The summed E-state index contributed by atoms with van der Waals surface area (Å²) >= 11 is 3.67. The molecular formula is C17H26BrN. The smallest absolute Gasteiger partial charge is 0.0207 e. The predicted octanol–water partition coefficient (Wildman–Crippen LogP) is 4.65. The zero-order valence-electron chi connectivity index (χ0n) is 12.3. The molecule has 19 heavy (non-hydrogen) atoms. The zero-order valence-corrected chi connectivity index (χ0v) is 13.9. The zero-order chi connectivity index (χ0) is 13.8. The predicted molar refractivity (Wildman–Crippen MR) is 86.4 cm³/mol. The van der Waals surface area contributed by atoms with Crippen LogP contribution in [0, 0.1) is 17.8 Å². The quantitative estimate of drug-likeness (QED) is 0.850. The van der Waals surface area contributed by atoms with E-state index in [1.165, 1.54) is 29.3 Å². The molecule has 0 radical (unpaired) electrons. The van der Waals surface area contributed by atoms with Gasteiger partial charge in [0.2, 0.25) is 0 Å². The molecule has 1 saturated carbocycles. The number of benzene rings is 1. The van der Waals surface area contributed by atoms with Gasteiger partial charge in [0.1, 0.15) is 0 Å². The minimum Gasteiger partial charge on any atom is -0.316 e. The monoisotopic (exact) mass is 323 g/mol. The molecule has 0 heterocycles. The fraction of sp³-hybridized carbons (Fsp3) is 0.647. The van der Waals surface area contributed by atoms with Gasteiger partial charge >= 0.3 is 0 Å². The molecule has 1 N–H and O–H groups in total. The lowest BCUT2D eigenvalue weighted by Gasteiger charge is -2.36. The molecule has 0 bridgehead atoms. The van der Waals surface area contributed by atoms with E-state index in [0.717, 1.165) is 24.2 Å². The number of nitrogens with one attached hydrogen (secondary N) is 1. The van der Waals surface area contributed by atoms with E-state index in [2.05, 4.69) is 66.4 Å². The molecule has 1 aliphatic rings. The molecule has 0 amide bonds. The third-order valence-corrected chi connectivity index (χ3v) is 5.33. The van der Waals surface area contributed by atoms with Crippen molar-refractivity contribution >= 4 is 15.9 Å². The summed E-state index contributed by atoms with van der Waals surface area (Å²) in [5, 5.41) is 3.57. The average Bonchev–Trinajstić information content (AvgIpc) is 2.36. The molecule has 1 aromatic rings. The van der Waals surface area contributed by atoms with Gasteiger partial charge in [-0.25, -0.2) is 0 Å². The summed E-state index contributed by atoms with van der Waals surface area (Å²) in [4.78, 5) is 0. The Morgan fingerprint density at radius 1 is 1.16 bits per heavy atom. The van der Waals surface area contributed by atoms with Gasteiger partial charge in [-0.15, -0.1) is 0 Å². The van der Waals surface area contributed by atoms with Gasteiger partial charge in [0.05, 0.1) is 0 Å². The van der Waals surface area contributed by atoms with Gasteiger partial charge in [0, 0.05) is 10.5 Å². The van der Waals surface area contributed by atoms with Crippen molar-refractivity contribution in [1.82, 2.24) is 5.32 Å². The Balaban J connectivity index is 2.05. The topological polar surface area (TPSA) is 12.0 Å². The van der Waals surface area contributed by atoms with Crippen molar-refractivity contribution in [1.29, 1.82) is 0 Å². The molecule has 0 aliphatic heterocycles. The summed E-state index contributed by atoms with van der Waals surface area (Å²) in [6.07, 6.45) is 5.28. The van der Waals surface area contributed by atoms with Crippen molar-refractivity contribution in [2.75, 3.05) is 7.05 Å². The van der Waals surface area contributed by atoms with Gasteiger partial charge in [0.25, 0.3) is 0 Å². The maximum absolute atomic E-state index is 3.67. The van der Waals surface area contributed by atoms with Crippen molar-refractivity contribution in [3.05, 3.63) is 34.3 Å². The molecule has 3 unspecified atom stereocenters. The normalized spacial score (nSPS) is 29.2. The fourth-order valence-electron chi connectivity index (χ4n) is 3.74. The van der Waals surface area contributed by atoms with Crippen LogP contribution in [0.15, 0.2) is 28.7 Å². The molecule has 106 valence electrons. The van der Waals surface area contributed by atoms with Gasteiger partial charge in [-0.2, -0.15) is 0 Å². The van der Waals surface area contributed by atoms with Gasteiger partial charge in [-0.1, -0.05) is 48.0 Å². The van der Waals surface area contributed by atoms with E-state index >= 15 is 0 Å². The molecule has 1 aromatic carbocycles. The van der Waals surface area contributed by atoms with E-state index in [4.69, 9.17) is 0 Å². The summed E-state index contributed by atoms with van der Waals surface area (Å²) in [5.74, 6) is 2.57. The average molecular weight is 324 g/mol. The molecule has 1 aliphatic carbocycles. The molecule has 2 rings (SSSR count). The van der Waals surface area contributed by atoms with E-state index < -0.39 is 0 Å². The number of hydrogen-bond donors (Lipinski definition) is 1. The largest absolute Gasteiger partial charge is 0.316 e. The first-order valence-electron chi connectivity index (χ1n) is 7.50. The lowest BCUT2D eigenvalue weighted by molar-refractivity contribution is 0.179. The summed E-state index contributed by atoms with van der Waals surface area (Å²) in [6.45, 7) is 4.82. The van der Waals surface area contributed by atoms with Crippen LogP contribution in [0.2, 0.25) is 0 Å². The van der Waals surface area contributed by atoms with E-state index in [9.17, 15) is 0 Å². The first-order chi connectivity index (χ1) is 9.10. The minimum atomic E-state index is 0.601. The maximum Gasteiger partial charge on any atom is 0.0207 e. The van der Waals surface area contributed by atoms with Crippen molar-refractivity contribution in [3.63, 3.8) is 0 Å². The van der Waals surface area contributed by atoms with Crippen LogP contribution in [-0.2, 0) is 6.42 Å². The summed E-state index contributed by atoms with van der Waals surface area (Å²) in [6, 6.07) is 9.22. The van der Waals surface area contributed by atoms with Crippen LogP contribution in [0.1, 0.15) is 38.7 Å². The highest BCUT2D eigenvalue weighted by Gasteiger charge is 2.29. The third-order valence-electron chi connectivity index (χ3n) is 4.55. The first kappa shape index (κ1) is 15.1. The lowest BCUT2D eigenvalue weighted by atomic mass is 9.73.